The van der Waals surface area contributed by atoms with Gasteiger partial charge in [-0.2, -0.15) is 0 Å². The summed E-state index contributed by atoms with van der Waals surface area (Å²) in [5.74, 6) is 2.52. The van der Waals surface area contributed by atoms with Crippen LogP contribution in [0, 0.1) is 12.8 Å². The minimum Gasteiger partial charge on any atom is -0.497 e. The van der Waals surface area contributed by atoms with E-state index in [9.17, 15) is 4.79 Å². The number of likely N-dealkylation sites (tertiary alicyclic amines) is 1. The van der Waals surface area contributed by atoms with E-state index in [-0.39, 0.29) is 12.0 Å². The number of benzene rings is 2. The van der Waals surface area contributed by atoms with Crippen LogP contribution in [-0.4, -0.2) is 47.7 Å². The molecule has 3 aromatic rings. The van der Waals surface area contributed by atoms with Crippen LogP contribution < -0.4 is 9.47 Å². The van der Waals surface area contributed by atoms with E-state index in [1.54, 1.807) is 7.11 Å². The fraction of sp³-hybridized carbons (Fsp3) is 0.559. The maximum Gasteiger partial charge on any atom is 0.262 e. The normalized spacial score (nSPS) is 19.1. The highest BCUT2D eigenvalue weighted by Gasteiger charge is 2.27. The lowest BCUT2D eigenvalue weighted by molar-refractivity contribution is 0.0962. The van der Waals surface area contributed by atoms with Gasteiger partial charge < -0.3 is 14.4 Å². The van der Waals surface area contributed by atoms with E-state index in [4.69, 9.17) is 9.47 Å². The summed E-state index contributed by atoms with van der Waals surface area (Å²) in [7, 11) is 1.71. The molecule has 1 aliphatic heterocycles. The van der Waals surface area contributed by atoms with E-state index in [0.717, 1.165) is 47.0 Å². The number of carbonyl (C=O) groups is 1. The van der Waals surface area contributed by atoms with Crippen LogP contribution in [0.3, 0.4) is 0 Å². The molecular weight excluding hydrogens is 484 g/mol. The zero-order valence-electron chi connectivity index (χ0n) is 24.4. The predicted octanol–water partition coefficient (Wildman–Crippen LogP) is 7.80. The highest BCUT2D eigenvalue weighted by molar-refractivity contribution is 6.04. The van der Waals surface area contributed by atoms with Gasteiger partial charge in [0, 0.05) is 29.2 Å². The summed E-state index contributed by atoms with van der Waals surface area (Å²) in [6.07, 6.45) is 13.5. The summed E-state index contributed by atoms with van der Waals surface area (Å²) in [4.78, 5) is 16.6. The van der Waals surface area contributed by atoms with Crippen molar-refractivity contribution in [1.29, 1.82) is 0 Å². The lowest BCUT2D eigenvalue weighted by atomic mass is 9.82. The fourth-order valence-electron chi connectivity index (χ4n) is 6.93. The molecule has 1 saturated carbocycles. The lowest BCUT2D eigenvalue weighted by Crippen LogP contribution is -2.42. The molecule has 0 spiro atoms. The van der Waals surface area contributed by atoms with E-state index in [1.165, 1.54) is 69.9 Å². The molecule has 0 radical (unpaired) electrons. The van der Waals surface area contributed by atoms with Crippen molar-refractivity contribution < 1.29 is 14.3 Å². The molecule has 2 heterocycles. The standard InChI is InChI=1S/C34H46N2O3/c1-24(2)39-29-15-13-27(14-16-29)34(37)36-25(3)31(32-23-30(38-4)17-18-33(32)36)19-21-35-20-9-8-12-28(35)22-26-10-6-5-7-11-26/h13-18,23-24,26,28H,5-12,19-22H2,1-4H3. The molecule has 1 atom stereocenters. The molecule has 0 bridgehead atoms. The van der Waals surface area contributed by atoms with Gasteiger partial charge in [-0.25, -0.2) is 0 Å². The first kappa shape index (κ1) is 27.8. The predicted molar refractivity (Wildman–Crippen MR) is 159 cm³/mol. The molecule has 2 fully saturated rings. The topological polar surface area (TPSA) is 43.7 Å². The molecule has 210 valence electrons. The number of carbonyl (C=O) groups excluding carboxylic acids is 1. The van der Waals surface area contributed by atoms with E-state index in [2.05, 4.69) is 17.9 Å². The van der Waals surface area contributed by atoms with Crippen molar-refractivity contribution in [3.8, 4) is 11.5 Å². The van der Waals surface area contributed by atoms with Crippen LogP contribution in [0.15, 0.2) is 42.5 Å². The second-order valence-corrected chi connectivity index (χ2v) is 12.0. The Morgan fingerprint density at radius 3 is 2.38 bits per heavy atom. The fourth-order valence-corrected chi connectivity index (χ4v) is 6.93. The van der Waals surface area contributed by atoms with Crippen molar-refractivity contribution in [3.63, 3.8) is 0 Å². The molecule has 2 aliphatic rings. The Balaban J connectivity index is 1.40. The molecule has 5 nitrogen and oxygen atoms in total. The van der Waals surface area contributed by atoms with Gasteiger partial charge in [0.25, 0.3) is 5.91 Å². The number of nitrogens with zero attached hydrogens (tertiary/aromatic N) is 2. The molecule has 39 heavy (non-hydrogen) atoms. The van der Waals surface area contributed by atoms with E-state index in [0.29, 0.717) is 11.6 Å². The number of aromatic nitrogens is 1. The Labute approximate surface area is 234 Å². The molecule has 1 aliphatic carbocycles. The van der Waals surface area contributed by atoms with Gasteiger partial charge >= 0.3 is 0 Å². The molecule has 0 N–H and O–H groups in total. The molecule has 1 unspecified atom stereocenters. The van der Waals surface area contributed by atoms with Gasteiger partial charge in [0.05, 0.1) is 18.7 Å². The first-order valence-corrected chi connectivity index (χ1v) is 15.2. The van der Waals surface area contributed by atoms with Gasteiger partial charge in [0.15, 0.2) is 0 Å². The number of ether oxygens (including phenoxy) is 2. The van der Waals surface area contributed by atoms with Crippen LogP contribution in [0.2, 0.25) is 0 Å². The molecule has 5 rings (SSSR count). The maximum absolute atomic E-state index is 13.8. The number of methoxy groups -OCH3 is 1. The van der Waals surface area contributed by atoms with Gasteiger partial charge in [-0.15, -0.1) is 0 Å². The minimum atomic E-state index is -0.00170. The SMILES string of the molecule is COc1ccc2c(c1)c(CCN1CCCCC1CC1CCCCC1)c(C)n2C(=O)c1ccc(OC(C)C)cc1. The van der Waals surface area contributed by atoms with Gasteiger partial charge in [0.2, 0.25) is 0 Å². The largest absolute Gasteiger partial charge is 0.497 e. The quantitative estimate of drug-likeness (QED) is 0.283. The smallest absolute Gasteiger partial charge is 0.262 e. The summed E-state index contributed by atoms with van der Waals surface area (Å²) in [5, 5.41) is 1.13. The molecule has 1 aromatic heterocycles. The summed E-state index contributed by atoms with van der Waals surface area (Å²) in [6.45, 7) is 8.36. The second kappa shape index (κ2) is 12.6. The zero-order valence-corrected chi connectivity index (χ0v) is 24.4. The number of rotatable bonds is 9. The molecule has 5 heteroatoms. The van der Waals surface area contributed by atoms with Crippen LogP contribution in [0.25, 0.3) is 10.9 Å². The highest BCUT2D eigenvalue weighted by atomic mass is 16.5. The summed E-state index contributed by atoms with van der Waals surface area (Å²) in [5.41, 5.74) is 3.91. The van der Waals surface area contributed by atoms with Gasteiger partial charge in [0.1, 0.15) is 11.5 Å². The Morgan fingerprint density at radius 1 is 0.949 bits per heavy atom. The van der Waals surface area contributed by atoms with Crippen molar-refractivity contribution >= 4 is 16.8 Å². The Hall–Kier alpha value is -2.79. The summed E-state index contributed by atoms with van der Waals surface area (Å²) < 4.78 is 13.3. The van der Waals surface area contributed by atoms with Crippen molar-refractivity contribution in [1.82, 2.24) is 9.47 Å². The molecule has 2 aromatic carbocycles. The number of piperidine rings is 1. The molecule has 1 saturated heterocycles. The van der Waals surface area contributed by atoms with Gasteiger partial charge in [-0.05, 0) is 107 Å². The van der Waals surface area contributed by atoms with E-state index >= 15 is 0 Å². The Morgan fingerprint density at radius 2 is 1.67 bits per heavy atom. The average Bonchev–Trinajstić information content (AvgIpc) is 3.22. The first-order valence-electron chi connectivity index (χ1n) is 15.2. The third-order valence-corrected chi connectivity index (χ3v) is 8.95. The zero-order chi connectivity index (χ0) is 27.4. The molecular formula is C34H46N2O3. The number of hydrogen-bond acceptors (Lipinski definition) is 4. The summed E-state index contributed by atoms with van der Waals surface area (Å²) >= 11 is 0. The third kappa shape index (κ3) is 6.35. The third-order valence-electron chi connectivity index (χ3n) is 8.95. The van der Waals surface area contributed by atoms with Crippen molar-refractivity contribution in [3.05, 3.63) is 59.3 Å². The van der Waals surface area contributed by atoms with Crippen molar-refractivity contribution in [2.45, 2.75) is 97.1 Å². The van der Waals surface area contributed by atoms with Crippen LogP contribution >= 0.6 is 0 Å². The van der Waals surface area contributed by atoms with Crippen LogP contribution in [0.5, 0.6) is 11.5 Å². The maximum atomic E-state index is 13.8. The van der Waals surface area contributed by atoms with Crippen molar-refractivity contribution in [2.75, 3.05) is 20.2 Å². The number of hydrogen-bond donors (Lipinski definition) is 0. The Kier molecular flexibility index (Phi) is 8.96. The van der Waals surface area contributed by atoms with E-state index in [1.807, 2.05) is 54.8 Å². The molecule has 0 amide bonds. The monoisotopic (exact) mass is 530 g/mol. The van der Waals surface area contributed by atoms with Gasteiger partial charge in [-0.1, -0.05) is 38.5 Å². The lowest BCUT2D eigenvalue weighted by Gasteiger charge is -2.38. The first-order chi connectivity index (χ1) is 18.9. The van der Waals surface area contributed by atoms with Crippen LogP contribution in [-0.2, 0) is 6.42 Å². The average molecular weight is 531 g/mol. The van der Waals surface area contributed by atoms with Crippen LogP contribution in [0.1, 0.15) is 93.3 Å². The van der Waals surface area contributed by atoms with Crippen LogP contribution in [0.4, 0.5) is 0 Å². The minimum absolute atomic E-state index is 0.00170. The highest BCUT2D eigenvalue weighted by Crippen LogP contribution is 2.34. The Bertz CT molecular complexity index is 1250. The number of fused-ring (bicyclic) bond motifs is 1. The van der Waals surface area contributed by atoms with Crippen molar-refractivity contribution in [2.24, 2.45) is 5.92 Å². The van der Waals surface area contributed by atoms with Gasteiger partial charge in [-0.3, -0.25) is 9.36 Å². The van der Waals surface area contributed by atoms with E-state index < -0.39 is 0 Å². The summed E-state index contributed by atoms with van der Waals surface area (Å²) in [6, 6.07) is 14.3. The second-order valence-electron chi connectivity index (χ2n) is 12.0.